The molecule has 1 atom stereocenters. The van der Waals surface area contributed by atoms with Crippen LogP contribution < -0.4 is 9.47 Å². The average Bonchev–Trinajstić information content (AvgIpc) is 3.16. The molecule has 0 N–H and O–H groups in total. The number of hydrogen-bond donors (Lipinski definition) is 0. The van der Waals surface area contributed by atoms with Gasteiger partial charge in [-0.2, -0.15) is 0 Å². The van der Waals surface area contributed by atoms with Gasteiger partial charge in [-0.05, 0) is 30.5 Å². The number of nitrogens with zero attached hydrogens (tertiary/aromatic N) is 3. The number of fused-ring (bicyclic) bond motifs is 1. The fraction of sp³-hybridized carbons (Fsp3) is 0.600. The monoisotopic (exact) mass is 407 g/mol. The van der Waals surface area contributed by atoms with E-state index in [0.717, 1.165) is 57.1 Å². The maximum atomic E-state index is 12.4. The first-order chi connectivity index (χ1) is 13.5. The predicted molar refractivity (Wildman–Crippen MR) is 108 cm³/mol. The van der Waals surface area contributed by atoms with Gasteiger partial charge in [0, 0.05) is 51.9 Å². The van der Waals surface area contributed by atoms with Crippen LogP contribution in [0.2, 0.25) is 0 Å². The summed E-state index contributed by atoms with van der Waals surface area (Å²) in [7, 11) is -3.21. The summed E-state index contributed by atoms with van der Waals surface area (Å²) in [4.78, 5) is 4.91. The molecule has 3 heterocycles. The standard InChI is InChI=1S/C20H29N3O4S/c1-2-12-28(24,25)23-7-3-4-18(15-23)22-10-8-21(9-11-22)14-17-5-6-19-20(13-17)27-16-26-19/h2,5-6,13,18H,1,3-4,7-12,14-16H2. The summed E-state index contributed by atoms with van der Waals surface area (Å²) in [6, 6.07) is 6.47. The molecular weight excluding hydrogens is 378 g/mol. The van der Waals surface area contributed by atoms with Crippen LogP contribution >= 0.6 is 0 Å². The molecule has 3 aliphatic rings. The van der Waals surface area contributed by atoms with Gasteiger partial charge >= 0.3 is 0 Å². The Bertz CT molecular complexity index is 806. The third kappa shape index (κ3) is 4.35. The number of benzene rings is 1. The molecule has 8 heteroatoms. The molecule has 0 spiro atoms. The number of sulfonamides is 1. The zero-order chi connectivity index (χ0) is 19.6. The number of piperidine rings is 1. The topological polar surface area (TPSA) is 62.3 Å². The molecule has 0 amide bonds. The molecule has 0 saturated carbocycles. The van der Waals surface area contributed by atoms with E-state index >= 15 is 0 Å². The van der Waals surface area contributed by atoms with E-state index in [4.69, 9.17) is 9.47 Å². The maximum Gasteiger partial charge on any atom is 0.231 e. The lowest BCUT2D eigenvalue weighted by Gasteiger charge is -2.43. The van der Waals surface area contributed by atoms with Gasteiger partial charge in [0.15, 0.2) is 11.5 Å². The first-order valence-corrected chi connectivity index (χ1v) is 11.6. The van der Waals surface area contributed by atoms with Crippen molar-refractivity contribution in [3.63, 3.8) is 0 Å². The second-order valence-electron chi connectivity index (χ2n) is 7.72. The molecule has 0 aromatic heterocycles. The number of hydrogen-bond acceptors (Lipinski definition) is 6. The second-order valence-corrected chi connectivity index (χ2v) is 9.73. The SMILES string of the molecule is C=CCS(=O)(=O)N1CCCC(N2CCN(Cc3ccc4c(c3)OCO4)CC2)C1. The smallest absolute Gasteiger partial charge is 0.231 e. The summed E-state index contributed by atoms with van der Waals surface area (Å²) in [5.74, 6) is 1.68. The third-order valence-corrected chi connectivity index (χ3v) is 7.62. The molecule has 1 aromatic rings. The van der Waals surface area contributed by atoms with Gasteiger partial charge in [-0.3, -0.25) is 9.80 Å². The number of rotatable bonds is 6. The van der Waals surface area contributed by atoms with E-state index in [1.165, 1.54) is 11.6 Å². The first kappa shape index (κ1) is 19.7. The molecule has 1 unspecified atom stereocenters. The Morgan fingerprint density at radius 1 is 1.11 bits per heavy atom. The van der Waals surface area contributed by atoms with E-state index in [1.807, 2.05) is 6.07 Å². The Labute approximate surface area is 167 Å². The summed E-state index contributed by atoms with van der Waals surface area (Å²) < 4.78 is 37.2. The Morgan fingerprint density at radius 3 is 2.68 bits per heavy atom. The zero-order valence-corrected chi connectivity index (χ0v) is 17.1. The number of piperazine rings is 1. The minimum atomic E-state index is -3.21. The van der Waals surface area contributed by atoms with E-state index in [-0.39, 0.29) is 5.75 Å². The van der Waals surface area contributed by atoms with Crippen molar-refractivity contribution in [1.29, 1.82) is 0 Å². The van der Waals surface area contributed by atoms with Crippen LogP contribution in [-0.4, -0.2) is 80.4 Å². The molecule has 2 fully saturated rings. The molecule has 0 bridgehead atoms. The average molecular weight is 408 g/mol. The minimum absolute atomic E-state index is 0.0308. The van der Waals surface area contributed by atoms with Crippen LogP contribution in [0.25, 0.3) is 0 Å². The Hall–Kier alpha value is -1.61. The molecule has 4 rings (SSSR count). The van der Waals surface area contributed by atoms with Crippen LogP contribution in [0.15, 0.2) is 30.9 Å². The predicted octanol–water partition coefficient (Wildman–Crippen LogP) is 1.51. The molecule has 28 heavy (non-hydrogen) atoms. The quantitative estimate of drug-likeness (QED) is 0.667. The van der Waals surface area contributed by atoms with Gasteiger partial charge in [-0.15, -0.1) is 6.58 Å². The Kier molecular flexibility index (Phi) is 5.91. The summed E-state index contributed by atoms with van der Waals surface area (Å²) >= 11 is 0. The highest BCUT2D eigenvalue weighted by Gasteiger charge is 2.32. The molecule has 0 aliphatic carbocycles. The molecule has 7 nitrogen and oxygen atoms in total. The lowest BCUT2D eigenvalue weighted by Crippen LogP contribution is -2.55. The molecule has 154 valence electrons. The van der Waals surface area contributed by atoms with Gasteiger partial charge in [0.05, 0.1) is 5.75 Å². The van der Waals surface area contributed by atoms with Crippen LogP contribution in [0.3, 0.4) is 0 Å². The van der Waals surface area contributed by atoms with Crippen molar-refractivity contribution in [3.05, 3.63) is 36.4 Å². The maximum absolute atomic E-state index is 12.4. The summed E-state index contributed by atoms with van der Waals surface area (Å²) in [5, 5.41) is 0. The van der Waals surface area contributed by atoms with Crippen LogP contribution in [0.5, 0.6) is 11.5 Å². The highest BCUT2D eigenvalue weighted by molar-refractivity contribution is 7.89. The van der Waals surface area contributed by atoms with Gasteiger partial charge in [-0.1, -0.05) is 12.1 Å². The van der Waals surface area contributed by atoms with Crippen molar-refractivity contribution in [3.8, 4) is 11.5 Å². The fourth-order valence-corrected chi connectivity index (χ4v) is 5.63. The van der Waals surface area contributed by atoms with Crippen LogP contribution in [0.4, 0.5) is 0 Å². The number of ether oxygens (including phenoxy) is 2. The summed E-state index contributed by atoms with van der Waals surface area (Å²) in [6.07, 6.45) is 3.48. The van der Waals surface area contributed by atoms with Gasteiger partial charge in [0.25, 0.3) is 0 Å². The van der Waals surface area contributed by atoms with E-state index < -0.39 is 10.0 Å². The molecule has 3 aliphatic heterocycles. The van der Waals surface area contributed by atoms with E-state index in [1.54, 1.807) is 4.31 Å². The fourth-order valence-electron chi connectivity index (χ4n) is 4.31. The van der Waals surface area contributed by atoms with Gasteiger partial charge in [0.1, 0.15) is 0 Å². The second kappa shape index (κ2) is 8.41. The lowest BCUT2D eigenvalue weighted by molar-refractivity contribution is 0.0675. The molecule has 2 saturated heterocycles. The lowest BCUT2D eigenvalue weighted by atomic mass is 10.0. The normalized spacial score (nSPS) is 24.4. The molecular formula is C20H29N3O4S. The Morgan fingerprint density at radius 2 is 1.89 bits per heavy atom. The van der Waals surface area contributed by atoms with Crippen molar-refractivity contribution in [1.82, 2.24) is 14.1 Å². The molecule has 1 aromatic carbocycles. The van der Waals surface area contributed by atoms with Crippen LogP contribution in [0.1, 0.15) is 18.4 Å². The van der Waals surface area contributed by atoms with E-state index in [0.29, 0.717) is 25.9 Å². The zero-order valence-electron chi connectivity index (χ0n) is 16.3. The van der Waals surface area contributed by atoms with Gasteiger partial charge in [-0.25, -0.2) is 12.7 Å². The van der Waals surface area contributed by atoms with E-state index in [9.17, 15) is 8.42 Å². The first-order valence-electron chi connectivity index (χ1n) is 9.99. The summed E-state index contributed by atoms with van der Waals surface area (Å²) in [6.45, 7) is 9.96. The van der Waals surface area contributed by atoms with Crippen LogP contribution in [0, 0.1) is 0 Å². The molecule has 0 radical (unpaired) electrons. The van der Waals surface area contributed by atoms with Crippen LogP contribution in [-0.2, 0) is 16.6 Å². The minimum Gasteiger partial charge on any atom is -0.454 e. The Balaban J connectivity index is 1.29. The van der Waals surface area contributed by atoms with Crippen molar-refractivity contribution >= 4 is 10.0 Å². The van der Waals surface area contributed by atoms with E-state index in [2.05, 4.69) is 28.5 Å². The highest BCUT2D eigenvalue weighted by atomic mass is 32.2. The van der Waals surface area contributed by atoms with Gasteiger partial charge in [0.2, 0.25) is 16.8 Å². The highest BCUT2D eigenvalue weighted by Crippen LogP contribution is 2.33. The van der Waals surface area contributed by atoms with Crippen molar-refractivity contribution in [2.24, 2.45) is 0 Å². The third-order valence-electron chi connectivity index (χ3n) is 5.85. The largest absolute Gasteiger partial charge is 0.454 e. The van der Waals surface area contributed by atoms with Crippen molar-refractivity contribution in [2.75, 3.05) is 51.8 Å². The van der Waals surface area contributed by atoms with Gasteiger partial charge < -0.3 is 9.47 Å². The summed E-state index contributed by atoms with van der Waals surface area (Å²) in [5.41, 5.74) is 1.23. The van der Waals surface area contributed by atoms with Crippen molar-refractivity contribution in [2.45, 2.75) is 25.4 Å². The van der Waals surface area contributed by atoms with Crippen molar-refractivity contribution < 1.29 is 17.9 Å².